The van der Waals surface area contributed by atoms with Crippen molar-refractivity contribution in [3.63, 3.8) is 0 Å². The summed E-state index contributed by atoms with van der Waals surface area (Å²) in [6.07, 6.45) is 4.38. The number of furan rings is 1. The Kier molecular flexibility index (Phi) is 3.66. The van der Waals surface area contributed by atoms with Crippen molar-refractivity contribution in [1.29, 1.82) is 0 Å². The lowest BCUT2D eigenvalue weighted by Gasteiger charge is -2.22. The SMILES string of the molecule is Cc1ccc(-c2nc3cccnc3n2CC2CCSCC2)o1. The highest BCUT2D eigenvalue weighted by molar-refractivity contribution is 7.99. The number of aryl methyl sites for hydroxylation is 1. The smallest absolute Gasteiger partial charge is 0.178 e. The van der Waals surface area contributed by atoms with Gasteiger partial charge in [-0.3, -0.25) is 0 Å². The molecule has 0 radical (unpaired) electrons. The van der Waals surface area contributed by atoms with Gasteiger partial charge in [-0.15, -0.1) is 0 Å². The number of rotatable bonds is 3. The van der Waals surface area contributed by atoms with Gasteiger partial charge in [0.15, 0.2) is 17.2 Å². The number of thioether (sulfide) groups is 1. The maximum atomic E-state index is 5.81. The zero-order valence-corrected chi connectivity index (χ0v) is 13.5. The Morgan fingerprint density at radius 3 is 2.91 bits per heavy atom. The molecular formula is C17H19N3OS. The van der Waals surface area contributed by atoms with Crippen LogP contribution in [0.2, 0.25) is 0 Å². The number of hydrogen-bond acceptors (Lipinski definition) is 4. The van der Waals surface area contributed by atoms with Crippen molar-refractivity contribution in [3.8, 4) is 11.6 Å². The van der Waals surface area contributed by atoms with Gasteiger partial charge in [-0.1, -0.05) is 0 Å². The first kappa shape index (κ1) is 13.9. The molecule has 4 rings (SSSR count). The molecule has 1 aliphatic heterocycles. The molecule has 1 fully saturated rings. The summed E-state index contributed by atoms with van der Waals surface area (Å²) in [7, 11) is 0. The number of hydrogen-bond donors (Lipinski definition) is 0. The molecule has 114 valence electrons. The van der Waals surface area contributed by atoms with E-state index in [1.807, 2.05) is 37.4 Å². The van der Waals surface area contributed by atoms with Gasteiger partial charge in [-0.05, 0) is 61.5 Å². The van der Waals surface area contributed by atoms with Gasteiger partial charge < -0.3 is 8.98 Å². The predicted molar refractivity (Wildman–Crippen MR) is 90.0 cm³/mol. The average Bonchev–Trinajstić information content (AvgIpc) is 3.13. The first-order chi connectivity index (χ1) is 10.8. The molecule has 0 N–H and O–H groups in total. The van der Waals surface area contributed by atoms with E-state index >= 15 is 0 Å². The van der Waals surface area contributed by atoms with E-state index in [4.69, 9.17) is 9.40 Å². The van der Waals surface area contributed by atoms with E-state index in [2.05, 4.69) is 21.3 Å². The maximum absolute atomic E-state index is 5.81. The molecule has 0 aromatic carbocycles. The van der Waals surface area contributed by atoms with E-state index in [1.54, 1.807) is 0 Å². The first-order valence-corrected chi connectivity index (χ1v) is 8.92. The minimum Gasteiger partial charge on any atom is -0.458 e. The van der Waals surface area contributed by atoms with Crippen LogP contribution in [0.3, 0.4) is 0 Å². The van der Waals surface area contributed by atoms with E-state index < -0.39 is 0 Å². The Balaban J connectivity index is 1.79. The number of aromatic nitrogens is 3. The van der Waals surface area contributed by atoms with Crippen LogP contribution in [0.25, 0.3) is 22.7 Å². The summed E-state index contributed by atoms with van der Waals surface area (Å²) in [5, 5.41) is 0. The van der Waals surface area contributed by atoms with Crippen LogP contribution in [-0.2, 0) is 6.54 Å². The number of nitrogens with zero attached hydrogens (tertiary/aromatic N) is 3. The highest BCUT2D eigenvalue weighted by atomic mass is 32.2. The van der Waals surface area contributed by atoms with Crippen LogP contribution in [0.4, 0.5) is 0 Å². The van der Waals surface area contributed by atoms with E-state index in [0.29, 0.717) is 5.92 Å². The predicted octanol–water partition coefficient (Wildman–Crippen LogP) is 4.14. The van der Waals surface area contributed by atoms with Gasteiger partial charge in [0.2, 0.25) is 0 Å². The van der Waals surface area contributed by atoms with E-state index in [1.165, 1.54) is 24.3 Å². The third-order valence-electron chi connectivity index (χ3n) is 4.25. The quantitative estimate of drug-likeness (QED) is 0.729. The van der Waals surface area contributed by atoms with Crippen molar-refractivity contribution in [2.45, 2.75) is 26.3 Å². The molecule has 22 heavy (non-hydrogen) atoms. The summed E-state index contributed by atoms with van der Waals surface area (Å²) >= 11 is 2.06. The van der Waals surface area contributed by atoms with Crippen LogP contribution >= 0.6 is 11.8 Å². The molecule has 0 atom stereocenters. The van der Waals surface area contributed by atoms with Crippen molar-refractivity contribution >= 4 is 22.9 Å². The van der Waals surface area contributed by atoms with Crippen LogP contribution in [-0.4, -0.2) is 26.0 Å². The minimum absolute atomic E-state index is 0.704. The van der Waals surface area contributed by atoms with Crippen molar-refractivity contribution in [2.75, 3.05) is 11.5 Å². The molecule has 0 unspecified atom stereocenters. The van der Waals surface area contributed by atoms with Crippen molar-refractivity contribution < 1.29 is 4.42 Å². The van der Waals surface area contributed by atoms with E-state index in [-0.39, 0.29) is 0 Å². The topological polar surface area (TPSA) is 43.9 Å². The molecule has 3 aromatic heterocycles. The fourth-order valence-corrected chi connectivity index (χ4v) is 4.27. The van der Waals surface area contributed by atoms with E-state index in [9.17, 15) is 0 Å². The van der Waals surface area contributed by atoms with Gasteiger partial charge >= 0.3 is 0 Å². The fraction of sp³-hybridized carbons (Fsp3) is 0.412. The standard InChI is InChI=1S/C17H19N3OS/c1-12-4-5-15(21-12)17-19-14-3-2-8-18-16(14)20(17)11-13-6-9-22-10-7-13/h2-5,8,13H,6-7,9-11H2,1H3. The van der Waals surface area contributed by atoms with Gasteiger partial charge in [0.05, 0.1) is 0 Å². The second kappa shape index (κ2) is 5.80. The Labute approximate surface area is 133 Å². The summed E-state index contributed by atoms with van der Waals surface area (Å²) in [5.41, 5.74) is 1.90. The molecule has 0 aliphatic carbocycles. The molecule has 4 heterocycles. The van der Waals surface area contributed by atoms with Crippen LogP contribution in [0.15, 0.2) is 34.9 Å². The molecule has 3 aromatic rings. The zero-order valence-electron chi connectivity index (χ0n) is 12.7. The van der Waals surface area contributed by atoms with Gasteiger partial charge in [0.1, 0.15) is 11.3 Å². The summed E-state index contributed by atoms with van der Waals surface area (Å²) in [6.45, 7) is 2.94. The van der Waals surface area contributed by atoms with Crippen molar-refractivity contribution in [2.24, 2.45) is 5.92 Å². The molecule has 1 aliphatic rings. The maximum Gasteiger partial charge on any atom is 0.178 e. The van der Waals surface area contributed by atoms with Gasteiger partial charge in [0, 0.05) is 12.7 Å². The minimum atomic E-state index is 0.704. The second-order valence-corrected chi connectivity index (χ2v) is 7.08. The van der Waals surface area contributed by atoms with Gasteiger partial charge in [0.25, 0.3) is 0 Å². The zero-order chi connectivity index (χ0) is 14.9. The largest absolute Gasteiger partial charge is 0.458 e. The number of imidazole rings is 1. The number of pyridine rings is 1. The highest BCUT2D eigenvalue weighted by Gasteiger charge is 2.21. The highest BCUT2D eigenvalue weighted by Crippen LogP contribution is 2.30. The molecule has 0 spiro atoms. The molecule has 4 nitrogen and oxygen atoms in total. The molecule has 5 heteroatoms. The summed E-state index contributed by atoms with van der Waals surface area (Å²) in [6, 6.07) is 7.95. The Hall–Kier alpha value is -1.75. The molecule has 0 amide bonds. The lowest BCUT2D eigenvalue weighted by Crippen LogP contribution is -2.17. The average molecular weight is 313 g/mol. The van der Waals surface area contributed by atoms with Gasteiger partial charge in [-0.2, -0.15) is 11.8 Å². The van der Waals surface area contributed by atoms with Crippen molar-refractivity contribution in [3.05, 3.63) is 36.2 Å². The van der Waals surface area contributed by atoms with Crippen LogP contribution in [0, 0.1) is 12.8 Å². The van der Waals surface area contributed by atoms with Crippen LogP contribution < -0.4 is 0 Å². The Morgan fingerprint density at radius 2 is 2.14 bits per heavy atom. The van der Waals surface area contributed by atoms with Crippen LogP contribution in [0.1, 0.15) is 18.6 Å². The normalized spacial score (nSPS) is 16.4. The summed E-state index contributed by atoms with van der Waals surface area (Å²) in [4.78, 5) is 9.32. The first-order valence-electron chi connectivity index (χ1n) is 7.77. The van der Waals surface area contributed by atoms with Gasteiger partial charge in [-0.25, -0.2) is 9.97 Å². The van der Waals surface area contributed by atoms with Crippen molar-refractivity contribution in [1.82, 2.24) is 14.5 Å². The molecular weight excluding hydrogens is 294 g/mol. The Morgan fingerprint density at radius 1 is 1.27 bits per heavy atom. The lowest BCUT2D eigenvalue weighted by atomic mass is 10.0. The number of fused-ring (bicyclic) bond motifs is 1. The summed E-state index contributed by atoms with van der Waals surface area (Å²) < 4.78 is 8.06. The second-order valence-electron chi connectivity index (χ2n) is 5.86. The third-order valence-corrected chi connectivity index (χ3v) is 5.29. The Bertz CT molecular complexity index is 786. The fourth-order valence-electron chi connectivity index (χ4n) is 3.06. The molecule has 1 saturated heterocycles. The lowest BCUT2D eigenvalue weighted by molar-refractivity contribution is 0.420. The third kappa shape index (κ3) is 2.54. The molecule has 0 bridgehead atoms. The monoisotopic (exact) mass is 313 g/mol. The molecule has 0 saturated carbocycles. The summed E-state index contributed by atoms with van der Waals surface area (Å²) in [5.74, 6) is 5.88. The van der Waals surface area contributed by atoms with Crippen LogP contribution in [0.5, 0.6) is 0 Å². The van der Waals surface area contributed by atoms with E-state index in [0.717, 1.165) is 35.1 Å².